The number of nitrogens with zero attached hydrogens (tertiary/aromatic N) is 4. The lowest BCUT2D eigenvalue weighted by Gasteiger charge is -2.33. The van der Waals surface area contributed by atoms with Gasteiger partial charge in [-0.3, -0.25) is 9.69 Å². The molecule has 3 aromatic rings. The molecule has 2 heterocycles. The number of amides is 1. The van der Waals surface area contributed by atoms with Gasteiger partial charge in [-0.25, -0.2) is 8.78 Å². The molecule has 9 heteroatoms. The summed E-state index contributed by atoms with van der Waals surface area (Å²) in [6.45, 7) is 2.83. The van der Waals surface area contributed by atoms with Gasteiger partial charge in [0.05, 0.1) is 6.54 Å². The summed E-state index contributed by atoms with van der Waals surface area (Å²) in [7, 11) is 0. The number of hydrogen-bond donors (Lipinski definition) is 0. The Labute approximate surface area is 171 Å². The van der Waals surface area contributed by atoms with Gasteiger partial charge in [-0.15, -0.1) is 10.2 Å². The van der Waals surface area contributed by atoms with Crippen molar-refractivity contribution in [2.45, 2.75) is 6.54 Å². The van der Waals surface area contributed by atoms with Crippen molar-refractivity contribution in [2.75, 3.05) is 32.8 Å². The monoisotopic (exact) mass is 414 g/mol. The van der Waals surface area contributed by atoms with Crippen LogP contribution < -0.4 is 4.74 Å². The first-order chi connectivity index (χ1) is 14.6. The Kier molecular flexibility index (Phi) is 5.99. The Morgan fingerprint density at radius 2 is 1.57 bits per heavy atom. The van der Waals surface area contributed by atoms with Gasteiger partial charge in [-0.1, -0.05) is 0 Å². The molecule has 30 heavy (non-hydrogen) atoms. The number of carbonyl (C=O) groups is 1. The summed E-state index contributed by atoms with van der Waals surface area (Å²) in [4.78, 5) is 16.2. The van der Waals surface area contributed by atoms with Crippen molar-refractivity contribution >= 4 is 5.91 Å². The molecule has 1 aromatic heterocycles. The van der Waals surface area contributed by atoms with E-state index in [1.165, 1.54) is 36.4 Å². The van der Waals surface area contributed by atoms with E-state index in [0.717, 1.165) is 0 Å². The van der Waals surface area contributed by atoms with Gasteiger partial charge in [0.25, 0.3) is 5.91 Å². The molecule has 4 rings (SSSR count). The van der Waals surface area contributed by atoms with E-state index in [4.69, 9.17) is 9.15 Å². The van der Waals surface area contributed by atoms with Gasteiger partial charge < -0.3 is 14.1 Å². The second-order valence-corrected chi connectivity index (χ2v) is 6.91. The molecular formula is C21H20F2N4O3. The molecule has 1 fully saturated rings. The van der Waals surface area contributed by atoms with E-state index < -0.39 is 0 Å². The van der Waals surface area contributed by atoms with E-state index in [2.05, 4.69) is 15.1 Å². The third-order valence-electron chi connectivity index (χ3n) is 4.82. The minimum Gasteiger partial charge on any atom is -0.484 e. The molecule has 1 aliphatic heterocycles. The molecule has 0 bridgehead atoms. The number of rotatable bonds is 6. The lowest BCUT2D eigenvalue weighted by Crippen LogP contribution is -2.49. The summed E-state index contributed by atoms with van der Waals surface area (Å²) < 4.78 is 37.0. The van der Waals surface area contributed by atoms with Crippen molar-refractivity contribution < 1.29 is 22.7 Å². The van der Waals surface area contributed by atoms with Crippen molar-refractivity contribution in [3.63, 3.8) is 0 Å². The second-order valence-electron chi connectivity index (χ2n) is 6.91. The van der Waals surface area contributed by atoms with Gasteiger partial charge in [0, 0.05) is 31.7 Å². The maximum Gasteiger partial charge on any atom is 0.260 e. The van der Waals surface area contributed by atoms with E-state index in [1.807, 2.05) is 0 Å². The van der Waals surface area contributed by atoms with Crippen molar-refractivity contribution in [1.29, 1.82) is 0 Å². The van der Waals surface area contributed by atoms with Crippen LogP contribution in [0.15, 0.2) is 52.9 Å². The van der Waals surface area contributed by atoms with Crippen LogP contribution in [0.5, 0.6) is 5.75 Å². The van der Waals surface area contributed by atoms with Gasteiger partial charge in [0.2, 0.25) is 11.8 Å². The van der Waals surface area contributed by atoms with Crippen molar-refractivity contribution in [3.8, 4) is 17.2 Å². The summed E-state index contributed by atoms with van der Waals surface area (Å²) in [5.74, 6) is 0.474. The zero-order valence-electron chi connectivity index (χ0n) is 16.1. The van der Waals surface area contributed by atoms with E-state index in [1.54, 1.807) is 17.0 Å². The van der Waals surface area contributed by atoms with Crippen LogP contribution in [-0.4, -0.2) is 58.7 Å². The average Bonchev–Trinajstić information content (AvgIpc) is 3.22. The molecule has 7 nitrogen and oxygen atoms in total. The van der Waals surface area contributed by atoms with Gasteiger partial charge in [0.15, 0.2) is 6.61 Å². The molecule has 1 aliphatic rings. The largest absolute Gasteiger partial charge is 0.484 e. The summed E-state index contributed by atoms with van der Waals surface area (Å²) in [5.41, 5.74) is 0.659. The number of hydrogen-bond acceptors (Lipinski definition) is 6. The Balaban J connectivity index is 1.24. The topological polar surface area (TPSA) is 71.7 Å². The fourth-order valence-corrected chi connectivity index (χ4v) is 3.14. The van der Waals surface area contributed by atoms with Crippen LogP contribution in [0.1, 0.15) is 5.89 Å². The standard InChI is InChI=1S/C21H20F2N4O3/c22-16-3-1-15(2-4-16)21-25-24-19(30-21)13-26-9-11-27(12-10-26)20(28)14-29-18-7-5-17(23)6-8-18/h1-8H,9-14H2. The molecular weight excluding hydrogens is 394 g/mol. The van der Waals surface area contributed by atoms with Crippen LogP contribution in [0, 0.1) is 11.6 Å². The Bertz CT molecular complexity index is 984. The highest BCUT2D eigenvalue weighted by molar-refractivity contribution is 5.77. The maximum atomic E-state index is 13.0. The van der Waals surface area contributed by atoms with Gasteiger partial charge in [0.1, 0.15) is 17.4 Å². The van der Waals surface area contributed by atoms with Crippen LogP contribution >= 0.6 is 0 Å². The predicted molar refractivity (Wildman–Crippen MR) is 103 cm³/mol. The lowest BCUT2D eigenvalue weighted by molar-refractivity contribution is -0.135. The second kappa shape index (κ2) is 9.00. The lowest BCUT2D eigenvalue weighted by atomic mass is 10.2. The SMILES string of the molecule is O=C(COc1ccc(F)cc1)N1CCN(Cc2nnc(-c3ccc(F)cc3)o2)CC1. The zero-order valence-corrected chi connectivity index (χ0v) is 16.1. The van der Waals surface area contributed by atoms with Crippen molar-refractivity contribution in [2.24, 2.45) is 0 Å². The Morgan fingerprint density at radius 1 is 0.933 bits per heavy atom. The zero-order chi connectivity index (χ0) is 20.9. The maximum absolute atomic E-state index is 13.0. The first-order valence-electron chi connectivity index (χ1n) is 9.53. The quantitative estimate of drug-likeness (QED) is 0.618. The van der Waals surface area contributed by atoms with E-state index >= 15 is 0 Å². The highest BCUT2D eigenvalue weighted by Gasteiger charge is 2.23. The number of ether oxygens (including phenoxy) is 1. The number of halogens is 2. The molecule has 0 aliphatic carbocycles. The normalized spacial score (nSPS) is 14.7. The smallest absolute Gasteiger partial charge is 0.260 e. The van der Waals surface area contributed by atoms with Crippen LogP contribution in [0.2, 0.25) is 0 Å². The molecule has 0 saturated carbocycles. The van der Waals surface area contributed by atoms with Gasteiger partial charge >= 0.3 is 0 Å². The van der Waals surface area contributed by atoms with Crippen LogP contribution in [0.3, 0.4) is 0 Å². The molecule has 0 unspecified atom stereocenters. The number of benzene rings is 2. The fourth-order valence-electron chi connectivity index (χ4n) is 3.14. The van der Waals surface area contributed by atoms with Crippen molar-refractivity contribution in [1.82, 2.24) is 20.0 Å². The highest BCUT2D eigenvalue weighted by atomic mass is 19.1. The predicted octanol–water partition coefficient (Wildman–Crippen LogP) is 2.74. The average molecular weight is 414 g/mol. The Morgan fingerprint density at radius 3 is 2.23 bits per heavy atom. The number of piperazine rings is 1. The summed E-state index contributed by atoms with van der Waals surface area (Å²) in [5, 5.41) is 8.07. The van der Waals surface area contributed by atoms with Crippen LogP contribution in [-0.2, 0) is 11.3 Å². The molecule has 0 radical (unpaired) electrons. The minimum atomic E-state index is -0.351. The molecule has 156 valence electrons. The van der Waals surface area contributed by atoms with E-state index in [9.17, 15) is 13.6 Å². The van der Waals surface area contributed by atoms with Crippen molar-refractivity contribution in [3.05, 3.63) is 66.1 Å². The molecule has 0 atom stereocenters. The third-order valence-corrected chi connectivity index (χ3v) is 4.82. The highest BCUT2D eigenvalue weighted by Crippen LogP contribution is 2.19. The molecule has 0 spiro atoms. The molecule has 2 aromatic carbocycles. The number of aromatic nitrogens is 2. The third kappa shape index (κ3) is 4.98. The summed E-state index contributed by atoms with van der Waals surface area (Å²) in [6, 6.07) is 11.4. The Hall–Kier alpha value is -3.33. The first kappa shape index (κ1) is 20.0. The molecule has 1 saturated heterocycles. The van der Waals surface area contributed by atoms with Gasteiger partial charge in [-0.2, -0.15) is 0 Å². The van der Waals surface area contributed by atoms with Crippen LogP contribution in [0.25, 0.3) is 11.5 Å². The summed E-state index contributed by atoms with van der Waals surface area (Å²) >= 11 is 0. The summed E-state index contributed by atoms with van der Waals surface area (Å²) in [6.07, 6.45) is 0. The van der Waals surface area contributed by atoms with E-state index in [0.29, 0.717) is 55.8 Å². The molecule has 1 amide bonds. The fraction of sp³-hybridized carbons (Fsp3) is 0.286. The minimum absolute atomic E-state index is 0.0870. The first-order valence-corrected chi connectivity index (χ1v) is 9.53. The van der Waals surface area contributed by atoms with Crippen LogP contribution in [0.4, 0.5) is 8.78 Å². The van der Waals surface area contributed by atoms with Gasteiger partial charge in [-0.05, 0) is 48.5 Å². The van der Waals surface area contributed by atoms with E-state index in [-0.39, 0.29) is 24.1 Å². The number of carbonyl (C=O) groups excluding carboxylic acids is 1. The molecule has 0 N–H and O–H groups in total.